The molecule has 46 heavy (non-hydrogen) atoms. The third-order valence-corrected chi connectivity index (χ3v) is 10.2. The highest BCUT2D eigenvalue weighted by atomic mass is 16.6. The molecule has 3 heterocycles. The molecule has 0 radical (unpaired) electrons. The van der Waals surface area contributed by atoms with E-state index in [1.807, 2.05) is 12.1 Å². The van der Waals surface area contributed by atoms with Crippen LogP contribution in [0.25, 0.3) is 5.82 Å². The molecule has 5 aliphatic rings. The lowest BCUT2D eigenvalue weighted by atomic mass is 9.49. The molecule has 4 fully saturated rings. The van der Waals surface area contributed by atoms with Gasteiger partial charge in [0.1, 0.15) is 5.75 Å². The van der Waals surface area contributed by atoms with Gasteiger partial charge >= 0.3 is 5.97 Å². The van der Waals surface area contributed by atoms with Gasteiger partial charge in [-0.2, -0.15) is 9.78 Å². The molecule has 2 aromatic heterocycles. The summed E-state index contributed by atoms with van der Waals surface area (Å²) in [6, 6.07) is 15.3. The maximum Gasteiger partial charge on any atom is 0.317 e. The normalized spacial score (nSPS) is 24.7. The molecule has 1 amide bonds. The average molecular weight is 622 g/mol. The van der Waals surface area contributed by atoms with Crippen molar-refractivity contribution in [1.29, 1.82) is 0 Å². The Hall–Kier alpha value is -5.07. The Morgan fingerprint density at radius 2 is 1.78 bits per heavy atom. The number of ether oxygens (including phenoxy) is 1. The van der Waals surface area contributed by atoms with Crippen LogP contribution in [0.2, 0.25) is 0 Å². The monoisotopic (exact) mass is 621 g/mol. The van der Waals surface area contributed by atoms with Crippen LogP contribution in [-0.4, -0.2) is 49.9 Å². The fourth-order valence-corrected chi connectivity index (χ4v) is 8.50. The number of fused-ring (bicyclic) bond motifs is 1. The van der Waals surface area contributed by atoms with Crippen molar-refractivity contribution in [1.82, 2.24) is 30.7 Å². The molecule has 0 spiro atoms. The number of esters is 1. The summed E-state index contributed by atoms with van der Waals surface area (Å²) < 4.78 is 12.1. The first-order valence-corrected chi connectivity index (χ1v) is 16.0. The summed E-state index contributed by atoms with van der Waals surface area (Å²) >= 11 is 0. The minimum atomic E-state index is -0.543. The van der Waals surface area contributed by atoms with Crippen molar-refractivity contribution >= 4 is 29.6 Å². The lowest BCUT2D eigenvalue weighted by Gasteiger charge is -2.55. The fourth-order valence-electron chi connectivity index (χ4n) is 8.50. The number of nitrogens with one attached hydrogen (secondary N) is 1. The van der Waals surface area contributed by atoms with E-state index in [4.69, 9.17) is 15.1 Å². The third kappa shape index (κ3) is 5.19. The molecule has 9 rings (SSSR count). The van der Waals surface area contributed by atoms with Crippen LogP contribution in [0.3, 0.4) is 0 Å². The van der Waals surface area contributed by atoms with Crippen molar-refractivity contribution in [2.45, 2.75) is 57.9 Å². The van der Waals surface area contributed by atoms with Crippen LogP contribution in [0.1, 0.15) is 72.3 Å². The van der Waals surface area contributed by atoms with Crippen LogP contribution in [0.15, 0.2) is 58.3 Å². The maximum absolute atomic E-state index is 13.3. The van der Waals surface area contributed by atoms with Gasteiger partial charge in [-0.25, -0.2) is 10.1 Å². The van der Waals surface area contributed by atoms with Gasteiger partial charge in [0.05, 0.1) is 23.9 Å². The van der Waals surface area contributed by atoms with Crippen molar-refractivity contribution in [3.63, 3.8) is 0 Å². The summed E-state index contributed by atoms with van der Waals surface area (Å²) in [5.74, 6) is 2.09. The molecule has 13 heteroatoms. The molecule has 0 atom stereocenters. The summed E-state index contributed by atoms with van der Waals surface area (Å²) in [7, 11) is 0. The SMILES string of the molecule is Nc1nonc1-n1nnc(C(=O)N/N=C/c2ccc(OC(=O)C34CC5CC(CC(C5)C3)C4)cc2)c1CN1CCCc2ccccc21. The summed E-state index contributed by atoms with van der Waals surface area (Å²) in [5, 5.41) is 20.0. The highest BCUT2D eigenvalue weighted by molar-refractivity contribution is 5.94. The van der Waals surface area contributed by atoms with E-state index in [-0.39, 0.29) is 28.7 Å². The summed E-state index contributed by atoms with van der Waals surface area (Å²) in [6.45, 7) is 1.12. The zero-order chi connectivity index (χ0) is 31.3. The van der Waals surface area contributed by atoms with Gasteiger partial charge < -0.3 is 15.4 Å². The minimum absolute atomic E-state index is 0.0298. The molecule has 4 bridgehead atoms. The molecule has 2 aromatic carbocycles. The van der Waals surface area contributed by atoms with E-state index in [2.05, 4.69) is 48.2 Å². The number of nitrogen functional groups attached to an aromatic ring is 1. The fraction of sp³-hybridized carbons (Fsp3) is 0.424. The molecule has 0 saturated heterocycles. The molecule has 4 aliphatic carbocycles. The number of nitrogens with zero attached hydrogens (tertiary/aromatic N) is 7. The Morgan fingerprint density at radius 1 is 1.04 bits per heavy atom. The van der Waals surface area contributed by atoms with Gasteiger partial charge in [0.25, 0.3) is 5.91 Å². The second-order valence-corrected chi connectivity index (χ2v) is 13.3. The number of para-hydroxylation sites is 1. The Kier molecular flexibility index (Phi) is 7.03. The van der Waals surface area contributed by atoms with E-state index < -0.39 is 5.91 Å². The van der Waals surface area contributed by atoms with Crippen molar-refractivity contribution in [2.75, 3.05) is 17.2 Å². The molecular weight excluding hydrogens is 586 g/mol. The van der Waals surface area contributed by atoms with Crippen molar-refractivity contribution in [3.05, 3.63) is 71.0 Å². The lowest BCUT2D eigenvalue weighted by Crippen LogP contribution is -2.51. The number of carbonyl (C=O) groups excluding carboxylic acids is 2. The standard InChI is InChI=1S/C33H35N9O4/c34-29-30(39-46-38-29)42-27(19-41-11-3-5-24-4-1-2-6-26(24)41)28(36-40-42)31(43)37-35-18-20-7-9-25(10-8-20)45-32(44)33-15-21-12-22(16-33)14-23(13-21)17-33/h1-2,4,6-10,18,21-23H,3,5,11-17,19H2,(H2,34,38)(H,37,43)/b35-18+. The van der Waals surface area contributed by atoms with E-state index in [1.165, 1.54) is 35.7 Å². The number of carbonyl (C=O) groups is 2. The van der Waals surface area contributed by atoms with Crippen LogP contribution in [0.5, 0.6) is 5.75 Å². The van der Waals surface area contributed by atoms with Crippen LogP contribution in [0, 0.1) is 23.2 Å². The lowest BCUT2D eigenvalue weighted by molar-refractivity contribution is -0.161. The third-order valence-electron chi connectivity index (χ3n) is 10.2. The zero-order valence-electron chi connectivity index (χ0n) is 25.3. The van der Waals surface area contributed by atoms with Crippen molar-refractivity contribution in [2.24, 2.45) is 28.3 Å². The number of anilines is 2. The Balaban J connectivity index is 0.954. The molecule has 13 nitrogen and oxygen atoms in total. The van der Waals surface area contributed by atoms with Crippen molar-refractivity contribution in [3.8, 4) is 11.6 Å². The summed E-state index contributed by atoms with van der Waals surface area (Å²) in [5.41, 5.74) is 11.8. The van der Waals surface area contributed by atoms with E-state index in [0.717, 1.165) is 49.9 Å². The van der Waals surface area contributed by atoms with Gasteiger partial charge in [-0.15, -0.1) is 5.10 Å². The number of hydrogen-bond acceptors (Lipinski definition) is 11. The average Bonchev–Trinajstić information content (AvgIpc) is 3.67. The minimum Gasteiger partial charge on any atom is -0.426 e. The quantitative estimate of drug-likeness (QED) is 0.127. The van der Waals surface area contributed by atoms with Gasteiger partial charge in [0, 0.05) is 12.2 Å². The first-order valence-electron chi connectivity index (χ1n) is 16.0. The van der Waals surface area contributed by atoms with Crippen LogP contribution in [0.4, 0.5) is 11.5 Å². The Labute approximate surface area is 265 Å². The van der Waals surface area contributed by atoms with Gasteiger partial charge in [0.2, 0.25) is 11.6 Å². The molecule has 4 saturated carbocycles. The van der Waals surface area contributed by atoms with Crippen LogP contribution >= 0.6 is 0 Å². The second kappa shape index (κ2) is 11.4. The predicted octanol–water partition coefficient (Wildman–Crippen LogP) is 4.07. The molecule has 4 aromatic rings. The molecule has 3 N–H and O–H groups in total. The summed E-state index contributed by atoms with van der Waals surface area (Å²) in [6.07, 6.45) is 10.2. The van der Waals surface area contributed by atoms with E-state index in [0.29, 0.717) is 35.7 Å². The smallest absolute Gasteiger partial charge is 0.317 e. The predicted molar refractivity (Wildman–Crippen MR) is 167 cm³/mol. The largest absolute Gasteiger partial charge is 0.426 e. The first-order chi connectivity index (χ1) is 22.4. The number of hydrogen-bond donors (Lipinski definition) is 2. The number of benzene rings is 2. The van der Waals surface area contributed by atoms with E-state index in [9.17, 15) is 9.59 Å². The van der Waals surface area contributed by atoms with Gasteiger partial charge in [-0.05, 0) is 121 Å². The number of rotatable bonds is 8. The molecular formula is C33H35N9O4. The zero-order valence-corrected chi connectivity index (χ0v) is 25.3. The van der Waals surface area contributed by atoms with Crippen LogP contribution < -0.4 is 20.8 Å². The first kappa shape index (κ1) is 28.4. The van der Waals surface area contributed by atoms with Gasteiger partial charge in [-0.1, -0.05) is 23.4 Å². The second-order valence-electron chi connectivity index (χ2n) is 13.3. The highest BCUT2D eigenvalue weighted by Gasteiger charge is 2.55. The molecule has 0 unspecified atom stereocenters. The van der Waals surface area contributed by atoms with Crippen molar-refractivity contribution < 1.29 is 19.0 Å². The topological polar surface area (TPSA) is 167 Å². The number of aryl methyl sites for hydroxylation is 1. The highest BCUT2D eigenvalue weighted by Crippen LogP contribution is 2.60. The molecule has 236 valence electrons. The Bertz CT molecular complexity index is 1780. The Morgan fingerprint density at radius 3 is 2.50 bits per heavy atom. The number of aromatic nitrogens is 5. The van der Waals surface area contributed by atoms with Crippen LogP contribution in [-0.2, 0) is 17.8 Å². The van der Waals surface area contributed by atoms with E-state index >= 15 is 0 Å². The van der Waals surface area contributed by atoms with Gasteiger partial charge in [-0.3, -0.25) is 9.59 Å². The molecule has 1 aliphatic heterocycles. The van der Waals surface area contributed by atoms with E-state index in [1.54, 1.807) is 24.3 Å². The number of amides is 1. The number of nitrogens with two attached hydrogens (primary N) is 1. The van der Waals surface area contributed by atoms with Gasteiger partial charge in [0.15, 0.2) is 5.69 Å². The summed E-state index contributed by atoms with van der Waals surface area (Å²) in [4.78, 5) is 28.8. The number of hydrazone groups is 1. The maximum atomic E-state index is 13.3.